The number of nitrogens with one attached hydrogen (secondary N) is 1. The fourth-order valence-corrected chi connectivity index (χ4v) is 5.99. The summed E-state index contributed by atoms with van der Waals surface area (Å²) in [7, 11) is 0. The lowest BCUT2D eigenvalue weighted by atomic mass is 9.72. The molecule has 1 N–H and O–H groups in total. The molecule has 3 nitrogen and oxygen atoms in total. The Balaban J connectivity index is 1.68. The van der Waals surface area contributed by atoms with Crippen molar-refractivity contribution in [2.24, 2.45) is 16.3 Å². The number of thioether (sulfide) groups is 1. The molecule has 2 aromatic carbocycles. The Morgan fingerprint density at radius 3 is 2.48 bits per heavy atom. The summed E-state index contributed by atoms with van der Waals surface area (Å²) in [4.78, 5) is 20.7. The zero-order valence-corrected chi connectivity index (χ0v) is 21.8. The molecule has 0 radical (unpaired) electrons. The second-order valence-electron chi connectivity index (χ2n) is 9.48. The van der Waals surface area contributed by atoms with E-state index >= 15 is 0 Å². The van der Waals surface area contributed by atoms with Gasteiger partial charge in [0.2, 0.25) is 0 Å². The lowest BCUT2D eigenvalue weighted by molar-refractivity contribution is 0.102. The molecule has 6 heteroatoms. The minimum atomic E-state index is -0.103. The summed E-state index contributed by atoms with van der Waals surface area (Å²) in [6, 6.07) is 15.5. The smallest absolute Gasteiger partial charge is 0.259 e. The van der Waals surface area contributed by atoms with E-state index in [0.29, 0.717) is 16.5 Å². The van der Waals surface area contributed by atoms with Crippen LogP contribution in [-0.2, 0) is 12.8 Å². The largest absolute Gasteiger partial charge is 0.322 e. The lowest BCUT2D eigenvalue weighted by Crippen LogP contribution is -2.27. The van der Waals surface area contributed by atoms with Gasteiger partial charge >= 0.3 is 0 Å². The molecule has 1 heterocycles. The van der Waals surface area contributed by atoms with Gasteiger partial charge in [0, 0.05) is 26.7 Å². The summed E-state index contributed by atoms with van der Waals surface area (Å²) < 4.78 is 0. The van der Waals surface area contributed by atoms with Crippen molar-refractivity contribution in [1.82, 2.24) is 0 Å². The van der Waals surface area contributed by atoms with Gasteiger partial charge in [0.15, 0.2) is 0 Å². The van der Waals surface area contributed by atoms with Crippen LogP contribution in [0.25, 0.3) is 0 Å². The Morgan fingerprint density at radius 1 is 1.15 bits per heavy atom. The molecule has 1 aromatic heterocycles. The number of benzene rings is 2. The van der Waals surface area contributed by atoms with Crippen molar-refractivity contribution in [3.05, 3.63) is 75.1 Å². The molecule has 1 aliphatic carbocycles. The standard InChI is InChI=1S/C27H29ClN2OS2/c1-27(2,3)18-7-14-22-23(15-18)33-26(29-16-17-5-12-21(32-4)13-6-17)24(22)25(31)30-20-10-8-19(28)9-11-20/h5-6,8-13,16,18H,7,14-15H2,1-4H3,(H,30,31)/t18-/m0/s1. The highest BCUT2D eigenvalue weighted by molar-refractivity contribution is 7.98. The van der Waals surface area contributed by atoms with Gasteiger partial charge in [-0.1, -0.05) is 44.5 Å². The van der Waals surface area contributed by atoms with E-state index in [4.69, 9.17) is 16.6 Å². The summed E-state index contributed by atoms with van der Waals surface area (Å²) in [5, 5.41) is 4.48. The first-order valence-corrected chi connectivity index (χ1v) is 13.6. The number of hydrogen-bond donors (Lipinski definition) is 1. The molecule has 0 bridgehead atoms. The molecule has 0 saturated carbocycles. The fraction of sp³-hybridized carbons (Fsp3) is 0.333. The van der Waals surface area contributed by atoms with Gasteiger partial charge in [-0.2, -0.15) is 0 Å². The van der Waals surface area contributed by atoms with Crippen molar-refractivity contribution in [2.45, 2.75) is 44.9 Å². The molecular weight excluding hydrogens is 468 g/mol. The first-order valence-electron chi connectivity index (χ1n) is 11.1. The quantitative estimate of drug-likeness (QED) is 0.285. The summed E-state index contributed by atoms with van der Waals surface area (Å²) in [6.07, 6.45) is 6.93. The van der Waals surface area contributed by atoms with Gasteiger partial charge < -0.3 is 5.32 Å². The molecule has 172 valence electrons. The van der Waals surface area contributed by atoms with E-state index < -0.39 is 0 Å². The van der Waals surface area contributed by atoms with Crippen LogP contribution in [-0.4, -0.2) is 18.4 Å². The highest BCUT2D eigenvalue weighted by Gasteiger charge is 2.33. The van der Waals surface area contributed by atoms with E-state index in [2.05, 4.69) is 56.6 Å². The molecule has 1 aliphatic rings. The zero-order valence-electron chi connectivity index (χ0n) is 19.4. The van der Waals surface area contributed by atoms with E-state index in [0.717, 1.165) is 41.1 Å². The van der Waals surface area contributed by atoms with Gasteiger partial charge in [-0.05, 0) is 84.4 Å². The van der Waals surface area contributed by atoms with E-state index in [9.17, 15) is 4.79 Å². The number of nitrogens with zero attached hydrogens (tertiary/aromatic N) is 1. The van der Waals surface area contributed by atoms with Crippen molar-refractivity contribution in [3.63, 3.8) is 0 Å². The molecule has 0 aliphatic heterocycles. The second-order valence-corrected chi connectivity index (χ2v) is 11.9. The number of thiophene rings is 1. The molecule has 0 fully saturated rings. The van der Waals surface area contributed by atoms with E-state index in [-0.39, 0.29) is 11.3 Å². The molecule has 3 aromatic rings. The van der Waals surface area contributed by atoms with Gasteiger partial charge in [0.25, 0.3) is 5.91 Å². The van der Waals surface area contributed by atoms with Crippen molar-refractivity contribution in [2.75, 3.05) is 11.6 Å². The first-order chi connectivity index (χ1) is 15.7. The summed E-state index contributed by atoms with van der Waals surface area (Å²) in [5.74, 6) is 0.501. The number of carbonyl (C=O) groups is 1. The summed E-state index contributed by atoms with van der Waals surface area (Å²) in [6.45, 7) is 6.92. The Labute approximate surface area is 209 Å². The number of halogens is 1. The number of amides is 1. The highest BCUT2D eigenvalue weighted by atomic mass is 35.5. The lowest BCUT2D eigenvalue weighted by Gasteiger charge is -2.33. The number of carbonyl (C=O) groups excluding carboxylic acids is 1. The van der Waals surface area contributed by atoms with Gasteiger partial charge in [-0.3, -0.25) is 4.79 Å². The zero-order chi connectivity index (χ0) is 23.6. The molecule has 33 heavy (non-hydrogen) atoms. The minimum absolute atomic E-state index is 0.103. The van der Waals surface area contributed by atoms with E-state index in [1.165, 1.54) is 9.77 Å². The number of hydrogen-bond acceptors (Lipinski definition) is 4. The monoisotopic (exact) mass is 496 g/mol. The molecule has 1 amide bonds. The summed E-state index contributed by atoms with van der Waals surface area (Å²) >= 11 is 9.39. The predicted octanol–water partition coefficient (Wildman–Crippen LogP) is 8.28. The van der Waals surface area contributed by atoms with Gasteiger partial charge in [0.1, 0.15) is 5.00 Å². The maximum absolute atomic E-state index is 13.4. The van der Waals surface area contributed by atoms with Crippen LogP contribution < -0.4 is 5.32 Å². The maximum atomic E-state index is 13.4. The van der Waals surface area contributed by atoms with Crippen LogP contribution in [0.2, 0.25) is 5.02 Å². The molecule has 0 saturated heterocycles. The molecule has 0 spiro atoms. The van der Waals surface area contributed by atoms with Gasteiger partial charge in [-0.15, -0.1) is 23.1 Å². The molecule has 0 unspecified atom stereocenters. The van der Waals surface area contributed by atoms with Crippen LogP contribution in [0, 0.1) is 11.3 Å². The summed E-state index contributed by atoms with van der Waals surface area (Å²) in [5.41, 5.74) is 3.88. The maximum Gasteiger partial charge on any atom is 0.259 e. The molecular formula is C27H29ClN2OS2. The average molecular weight is 497 g/mol. The van der Waals surface area contributed by atoms with Crippen molar-refractivity contribution < 1.29 is 4.79 Å². The van der Waals surface area contributed by atoms with Gasteiger partial charge in [-0.25, -0.2) is 4.99 Å². The van der Waals surface area contributed by atoms with Crippen molar-refractivity contribution >= 4 is 57.5 Å². The van der Waals surface area contributed by atoms with Crippen molar-refractivity contribution in [3.8, 4) is 0 Å². The Bertz CT molecular complexity index is 1160. The Kier molecular flexibility index (Phi) is 7.32. The number of fused-ring (bicyclic) bond motifs is 1. The third-order valence-electron chi connectivity index (χ3n) is 6.25. The third-order valence-corrected chi connectivity index (χ3v) is 8.41. The predicted molar refractivity (Wildman–Crippen MR) is 144 cm³/mol. The van der Waals surface area contributed by atoms with Crippen LogP contribution in [0.3, 0.4) is 0 Å². The van der Waals surface area contributed by atoms with E-state index in [1.807, 2.05) is 18.3 Å². The first kappa shape index (κ1) is 24.1. The van der Waals surface area contributed by atoms with E-state index in [1.54, 1.807) is 35.2 Å². The highest BCUT2D eigenvalue weighted by Crippen LogP contribution is 2.45. The van der Waals surface area contributed by atoms with Crippen LogP contribution in [0.5, 0.6) is 0 Å². The number of rotatable bonds is 5. The minimum Gasteiger partial charge on any atom is -0.322 e. The number of aliphatic imine (C=N–C) groups is 1. The third kappa shape index (κ3) is 5.71. The van der Waals surface area contributed by atoms with Crippen molar-refractivity contribution in [1.29, 1.82) is 0 Å². The number of anilines is 1. The van der Waals surface area contributed by atoms with Crippen LogP contribution in [0.1, 0.15) is 53.6 Å². The average Bonchev–Trinajstić information content (AvgIpc) is 3.16. The molecule has 1 atom stereocenters. The normalized spacial score (nSPS) is 16.1. The second kappa shape index (κ2) is 10.0. The molecule has 4 rings (SSSR count). The van der Waals surface area contributed by atoms with Crippen LogP contribution in [0.15, 0.2) is 58.4 Å². The Hall–Kier alpha value is -2.08. The van der Waals surface area contributed by atoms with Crippen LogP contribution >= 0.6 is 34.7 Å². The van der Waals surface area contributed by atoms with Gasteiger partial charge in [0.05, 0.1) is 5.56 Å². The Morgan fingerprint density at radius 2 is 1.85 bits per heavy atom. The fourth-order valence-electron chi connectivity index (χ4n) is 4.19. The SMILES string of the molecule is CSc1ccc(C=Nc2sc3c(c2C(=O)Nc2ccc(Cl)cc2)CC[C@H](C(C)(C)C)C3)cc1. The van der Waals surface area contributed by atoms with Crippen LogP contribution in [0.4, 0.5) is 10.7 Å². The topological polar surface area (TPSA) is 41.5 Å².